The second-order valence-corrected chi connectivity index (χ2v) is 9.05. The van der Waals surface area contributed by atoms with Crippen LogP contribution in [0.1, 0.15) is 31.9 Å². The van der Waals surface area contributed by atoms with Crippen LogP contribution in [0.15, 0.2) is 60.8 Å². The average Bonchev–Trinajstić information content (AvgIpc) is 3.23. The molecule has 0 radical (unpaired) electrons. The molecule has 190 valence electrons. The predicted molar refractivity (Wildman–Crippen MR) is 135 cm³/mol. The molecule has 3 rings (SSSR count). The predicted octanol–water partition coefficient (Wildman–Crippen LogP) is 3.91. The number of carbonyl (C=O) groups is 3. The highest BCUT2D eigenvalue weighted by atomic mass is 16.6. The number of alkyl carbamates (subject to hydrolysis) is 1. The third kappa shape index (κ3) is 8.17. The second kappa shape index (κ2) is 11.9. The van der Waals surface area contributed by atoms with E-state index in [0.717, 1.165) is 22.0 Å². The molecular weight excluding hydrogens is 464 g/mol. The van der Waals surface area contributed by atoms with Crippen LogP contribution in [0.3, 0.4) is 0 Å². The smallest absolute Gasteiger partial charge is 0.415 e. The first kappa shape index (κ1) is 26.3. The molecule has 1 atom stereocenters. The highest BCUT2D eigenvalue weighted by molar-refractivity contribution is 5.91. The molecule has 0 saturated carbocycles. The van der Waals surface area contributed by atoms with Crippen molar-refractivity contribution in [2.24, 2.45) is 0 Å². The number of imide groups is 1. The van der Waals surface area contributed by atoms with E-state index >= 15 is 0 Å². The quantitative estimate of drug-likeness (QED) is 0.183. The van der Waals surface area contributed by atoms with E-state index in [2.05, 4.69) is 15.6 Å². The lowest BCUT2D eigenvalue weighted by Crippen LogP contribution is -2.48. The van der Waals surface area contributed by atoms with Gasteiger partial charge >= 0.3 is 12.1 Å². The Morgan fingerprint density at radius 2 is 1.81 bits per heavy atom. The lowest BCUT2D eigenvalue weighted by atomic mass is 10.1. The lowest BCUT2D eigenvalue weighted by molar-refractivity contribution is -0.124. The number of nitrogens with one attached hydrogen (secondary N) is 4. The van der Waals surface area contributed by atoms with Gasteiger partial charge in [0.2, 0.25) is 0 Å². The van der Waals surface area contributed by atoms with Crippen molar-refractivity contribution < 1.29 is 29.1 Å². The first-order valence-electron chi connectivity index (χ1n) is 11.3. The van der Waals surface area contributed by atoms with Gasteiger partial charge in [-0.3, -0.25) is 10.0 Å². The van der Waals surface area contributed by atoms with Crippen LogP contribution in [0.5, 0.6) is 5.75 Å². The van der Waals surface area contributed by atoms with E-state index in [1.807, 2.05) is 30.5 Å². The Kier molecular flexibility index (Phi) is 8.69. The number of carbonyl (C=O) groups excluding carboxylic acids is 3. The zero-order valence-electron chi connectivity index (χ0n) is 20.3. The van der Waals surface area contributed by atoms with Crippen LogP contribution in [0.4, 0.5) is 9.59 Å². The maximum Gasteiger partial charge on any atom is 0.415 e. The molecule has 0 aliphatic rings. The summed E-state index contributed by atoms with van der Waals surface area (Å²) in [5, 5.41) is 14.6. The molecule has 0 unspecified atom stereocenters. The number of aromatic amines is 1. The van der Waals surface area contributed by atoms with Gasteiger partial charge in [-0.25, -0.2) is 20.4 Å². The topological polar surface area (TPSA) is 142 Å². The van der Waals surface area contributed by atoms with Crippen LogP contribution in [0.2, 0.25) is 0 Å². The van der Waals surface area contributed by atoms with Gasteiger partial charge < -0.3 is 19.8 Å². The van der Waals surface area contributed by atoms with Crippen LogP contribution in [-0.4, -0.2) is 46.5 Å². The third-order valence-corrected chi connectivity index (χ3v) is 4.96. The number of hydroxylamine groups is 1. The van der Waals surface area contributed by atoms with Crippen molar-refractivity contribution in [2.45, 2.75) is 38.8 Å². The highest BCUT2D eigenvalue weighted by Crippen LogP contribution is 2.20. The van der Waals surface area contributed by atoms with Crippen molar-refractivity contribution in [3.8, 4) is 5.75 Å². The number of rotatable bonds is 8. The standard InChI is InChI=1S/C26H30N4O6/c1-26(2,3)36-25(33)29-24(32)28-19(14-18-15-27-22-7-5-4-6-21(18)22)16-35-20-11-8-17(9-12-20)10-13-23(31)30-34/h4-13,15,19,27,34H,14,16H2,1-3H3,(H,30,31)(H2,28,29,32,33)/b13-10+/t19-/m0/s1. The summed E-state index contributed by atoms with van der Waals surface area (Å²) in [6.07, 6.45) is 4.22. The molecule has 0 spiro atoms. The van der Waals surface area contributed by atoms with Crippen LogP contribution >= 0.6 is 0 Å². The van der Waals surface area contributed by atoms with E-state index in [1.165, 1.54) is 17.6 Å². The fraction of sp³-hybridized carbons (Fsp3) is 0.269. The summed E-state index contributed by atoms with van der Waals surface area (Å²) in [5.74, 6) is -0.0804. The summed E-state index contributed by atoms with van der Waals surface area (Å²) >= 11 is 0. The Morgan fingerprint density at radius 1 is 1.08 bits per heavy atom. The van der Waals surface area contributed by atoms with E-state index in [0.29, 0.717) is 12.2 Å². The van der Waals surface area contributed by atoms with Gasteiger partial charge in [0, 0.05) is 23.2 Å². The third-order valence-electron chi connectivity index (χ3n) is 4.96. The number of amides is 4. The first-order valence-corrected chi connectivity index (χ1v) is 11.3. The summed E-state index contributed by atoms with van der Waals surface area (Å²) in [5.41, 5.74) is 3.48. The molecule has 4 amide bonds. The van der Waals surface area contributed by atoms with Gasteiger partial charge in [-0.2, -0.15) is 0 Å². The monoisotopic (exact) mass is 494 g/mol. The maximum atomic E-state index is 12.5. The van der Waals surface area contributed by atoms with Crippen molar-refractivity contribution in [3.05, 3.63) is 71.9 Å². The molecule has 0 fully saturated rings. The zero-order valence-corrected chi connectivity index (χ0v) is 20.3. The molecule has 3 aromatic rings. The van der Waals surface area contributed by atoms with Gasteiger partial charge in [0.25, 0.3) is 5.91 Å². The fourth-order valence-corrected chi connectivity index (χ4v) is 3.42. The molecule has 10 nitrogen and oxygen atoms in total. The minimum Gasteiger partial charge on any atom is -0.491 e. The van der Waals surface area contributed by atoms with Gasteiger partial charge in [0.1, 0.15) is 18.0 Å². The van der Waals surface area contributed by atoms with Crippen molar-refractivity contribution >= 4 is 35.0 Å². The van der Waals surface area contributed by atoms with Crippen molar-refractivity contribution in [1.82, 2.24) is 21.1 Å². The summed E-state index contributed by atoms with van der Waals surface area (Å²) in [4.78, 5) is 38.8. The summed E-state index contributed by atoms with van der Waals surface area (Å²) in [7, 11) is 0. The van der Waals surface area contributed by atoms with Gasteiger partial charge in [-0.15, -0.1) is 0 Å². The van der Waals surface area contributed by atoms with E-state index in [-0.39, 0.29) is 6.61 Å². The van der Waals surface area contributed by atoms with E-state index in [4.69, 9.17) is 14.7 Å². The summed E-state index contributed by atoms with van der Waals surface area (Å²) in [6, 6.07) is 13.6. The van der Waals surface area contributed by atoms with E-state index in [9.17, 15) is 14.4 Å². The molecule has 1 aromatic heterocycles. The van der Waals surface area contributed by atoms with Crippen molar-refractivity contribution in [1.29, 1.82) is 0 Å². The molecule has 1 heterocycles. The number of ether oxygens (including phenoxy) is 2. The highest BCUT2D eigenvalue weighted by Gasteiger charge is 2.21. The molecule has 2 aromatic carbocycles. The summed E-state index contributed by atoms with van der Waals surface area (Å²) in [6.45, 7) is 5.26. The molecule has 0 aliphatic heterocycles. The van der Waals surface area contributed by atoms with Crippen LogP contribution < -0.4 is 20.9 Å². The Hall–Kier alpha value is -4.31. The van der Waals surface area contributed by atoms with Crippen LogP contribution in [-0.2, 0) is 16.0 Å². The minimum absolute atomic E-state index is 0.128. The largest absolute Gasteiger partial charge is 0.491 e. The average molecular weight is 495 g/mol. The number of fused-ring (bicyclic) bond motifs is 1. The van der Waals surface area contributed by atoms with Gasteiger partial charge in [0.15, 0.2) is 0 Å². The Bertz CT molecular complexity index is 1230. The molecule has 0 saturated heterocycles. The normalized spacial score (nSPS) is 12.2. The number of para-hydroxylation sites is 1. The Labute approximate surface area is 208 Å². The number of hydrogen-bond donors (Lipinski definition) is 5. The van der Waals surface area contributed by atoms with E-state index < -0.39 is 29.7 Å². The molecular formula is C26H30N4O6. The molecule has 0 aliphatic carbocycles. The number of hydrogen-bond acceptors (Lipinski definition) is 6. The SMILES string of the molecule is CC(C)(C)OC(=O)NC(=O)N[C@H](COc1ccc(/C=C/C(=O)NO)cc1)Cc1c[nH]c2ccccc12. The van der Waals surface area contributed by atoms with Crippen LogP contribution in [0.25, 0.3) is 17.0 Å². The van der Waals surface area contributed by atoms with Gasteiger partial charge in [-0.05, 0) is 62.6 Å². The fourth-order valence-electron chi connectivity index (χ4n) is 3.42. The van der Waals surface area contributed by atoms with Crippen LogP contribution in [0, 0.1) is 0 Å². The lowest BCUT2D eigenvalue weighted by Gasteiger charge is -2.22. The zero-order chi connectivity index (χ0) is 26.1. The Balaban J connectivity index is 1.68. The first-order chi connectivity index (χ1) is 17.1. The minimum atomic E-state index is -0.842. The second-order valence-electron chi connectivity index (χ2n) is 9.05. The molecule has 10 heteroatoms. The summed E-state index contributed by atoms with van der Waals surface area (Å²) < 4.78 is 11.0. The Morgan fingerprint density at radius 3 is 2.50 bits per heavy atom. The van der Waals surface area contributed by atoms with E-state index in [1.54, 1.807) is 45.0 Å². The molecule has 36 heavy (non-hydrogen) atoms. The van der Waals surface area contributed by atoms with Crippen molar-refractivity contribution in [2.75, 3.05) is 6.61 Å². The van der Waals surface area contributed by atoms with Crippen molar-refractivity contribution in [3.63, 3.8) is 0 Å². The van der Waals surface area contributed by atoms with Gasteiger partial charge in [0.05, 0.1) is 6.04 Å². The molecule has 5 N–H and O–H groups in total. The maximum absolute atomic E-state index is 12.5. The number of H-pyrrole nitrogens is 1. The number of aromatic nitrogens is 1. The molecule has 0 bridgehead atoms. The number of benzene rings is 2. The number of urea groups is 1. The van der Waals surface area contributed by atoms with Gasteiger partial charge in [-0.1, -0.05) is 30.3 Å².